The fourth-order valence-electron chi connectivity index (χ4n) is 3.05. The molecule has 4 N–H and O–H groups in total. The maximum absolute atomic E-state index is 5.92. The molecule has 1 aromatic heterocycles. The van der Waals surface area contributed by atoms with Crippen LogP contribution in [0.2, 0.25) is 0 Å². The van der Waals surface area contributed by atoms with E-state index in [0.717, 1.165) is 35.7 Å². The zero-order valence-corrected chi connectivity index (χ0v) is 15.0. The van der Waals surface area contributed by atoms with Gasteiger partial charge in [-0.1, -0.05) is 34.1 Å². The van der Waals surface area contributed by atoms with Crippen molar-refractivity contribution >= 4 is 33.5 Å². The van der Waals surface area contributed by atoms with Gasteiger partial charge in [0.15, 0.2) is 0 Å². The molecule has 1 atom stereocenters. The van der Waals surface area contributed by atoms with Gasteiger partial charge in [0, 0.05) is 36.2 Å². The summed E-state index contributed by atoms with van der Waals surface area (Å²) in [7, 11) is 0. The number of hydrogen-bond acceptors (Lipinski definition) is 6. The molecule has 1 aliphatic carbocycles. The number of nitrogens with two attached hydrogens (primary N) is 1. The molecule has 1 aliphatic heterocycles. The van der Waals surface area contributed by atoms with Gasteiger partial charge in [-0.2, -0.15) is 9.97 Å². The molecule has 1 saturated heterocycles. The van der Waals surface area contributed by atoms with Gasteiger partial charge in [0.25, 0.3) is 0 Å². The van der Waals surface area contributed by atoms with Gasteiger partial charge in [0.1, 0.15) is 11.6 Å². The molecule has 24 heavy (non-hydrogen) atoms. The van der Waals surface area contributed by atoms with E-state index in [2.05, 4.69) is 59.6 Å². The first-order valence-electron chi connectivity index (χ1n) is 8.33. The van der Waals surface area contributed by atoms with Crippen molar-refractivity contribution in [1.29, 1.82) is 0 Å². The van der Waals surface area contributed by atoms with Crippen molar-refractivity contribution in [3.8, 4) is 0 Å². The Hall–Kier alpha value is -1.86. The molecule has 0 bridgehead atoms. The summed E-state index contributed by atoms with van der Waals surface area (Å²) in [4.78, 5) is 11.0. The van der Waals surface area contributed by atoms with Crippen molar-refractivity contribution in [2.24, 2.45) is 0 Å². The van der Waals surface area contributed by atoms with Crippen LogP contribution >= 0.6 is 15.9 Å². The Morgan fingerprint density at radius 1 is 1.25 bits per heavy atom. The van der Waals surface area contributed by atoms with Crippen LogP contribution in [0.3, 0.4) is 0 Å². The Morgan fingerprint density at radius 3 is 2.88 bits per heavy atom. The Morgan fingerprint density at radius 2 is 2.08 bits per heavy atom. The molecule has 0 spiro atoms. The zero-order chi connectivity index (χ0) is 16.5. The Kier molecular flexibility index (Phi) is 4.28. The first-order chi connectivity index (χ1) is 11.7. The van der Waals surface area contributed by atoms with Crippen LogP contribution in [0.25, 0.3) is 0 Å². The lowest BCUT2D eigenvalue weighted by Gasteiger charge is -2.35. The quantitative estimate of drug-likeness (QED) is 0.746. The molecule has 126 valence electrons. The van der Waals surface area contributed by atoms with E-state index in [0.29, 0.717) is 12.0 Å². The second kappa shape index (κ2) is 6.57. The minimum absolute atomic E-state index is 0.255. The normalized spacial score (nSPS) is 20.9. The van der Waals surface area contributed by atoms with Crippen molar-refractivity contribution in [2.45, 2.75) is 24.9 Å². The van der Waals surface area contributed by atoms with Crippen LogP contribution in [0.15, 0.2) is 34.8 Å². The lowest BCUT2D eigenvalue weighted by Crippen LogP contribution is -2.46. The highest BCUT2D eigenvalue weighted by molar-refractivity contribution is 9.10. The summed E-state index contributed by atoms with van der Waals surface area (Å²) in [5.74, 6) is 2.05. The SMILES string of the molecule is Nc1nc(NC2CC2)cc(N2CCN[C@H](c3ccccc3Br)C2)n1. The van der Waals surface area contributed by atoms with E-state index in [9.17, 15) is 0 Å². The number of hydrogen-bond donors (Lipinski definition) is 3. The summed E-state index contributed by atoms with van der Waals surface area (Å²) in [5, 5.41) is 6.99. The highest BCUT2D eigenvalue weighted by Gasteiger charge is 2.25. The van der Waals surface area contributed by atoms with Gasteiger partial charge >= 0.3 is 0 Å². The average molecular weight is 389 g/mol. The molecule has 7 heteroatoms. The number of piperazine rings is 1. The predicted octanol–water partition coefficient (Wildman–Crippen LogP) is 2.55. The molecule has 0 unspecified atom stereocenters. The summed E-state index contributed by atoms with van der Waals surface area (Å²) < 4.78 is 1.13. The molecule has 2 aromatic rings. The Bertz CT molecular complexity index is 733. The van der Waals surface area contributed by atoms with Gasteiger partial charge in [0.05, 0.1) is 6.04 Å². The molecule has 6 nitrogen and oxygen atoms in total. The number of nitrogens with one attached hydrogen (secondary N) is 2. The first-order valence-corrected chi connectivity index (χ1v) is 9.12. The highest BCUT2D eigenvalue weighted by atomic mass is 79.9. The third kappa shape index (κ3) is 3.47. The Labute approximate surface area is 150 Å². The van der Waals surface area contributed by atoms with Crippen LogP contribution in [-0.2, 0) is 0 Å². The summed E-state index contributed by atoms with van der Waals surface area (Å²) >= 11 is 3.65. The summed E-state index contributed by atoms with van der Waals surface area (Å²) in [6, 6.07) is 11.2. The highest BCUT2D eigenvalue weighted by Crippen LogP contribution is 2.29. The summed E-state index contributed by atoms with van der Waals surface area (Å²) in [5.41, 5.74) is 7.18. The molecule has 4 rings (SSSR count). The molecule has 2 heterocycles. The van der Waals surface area contributed by atoms with Crippen LogP contribution < -0.4 is 21.3 Å². The van der Waals surface area contributed by atoms with E-state index in [1.807, 2.05) is 12.1 Å². The number of nitrogen functional groups attached to an aromatic ring is 1. The number of nitrogens with zero attached hydrogens (tertiary/aromatic N) is 3. The van der Waals surface area contributed by atoms with E-state index in [4.69, 9.17) is 5.73 Å². The second-order valence-electron chi connectivity index (χ2n) is 6.36. The molecule has 2 aliphatic rings. The van der Waals surface area contributed by atoms with E-state index in [-0.39, 0.29) is 6.04 Å². The van der Waals surface area contributed by atoms with Crippen molar-refractivity contribution in [3.05, 3.63) is 40.4 Å². The minimum Gasteiger partial charge on any atom is -0.368 e. The van der Waals surface area contributed by atoms with Crippen LogP contribution in [0.4, 0.5) is 17.6 Å². The zero-order valence-electron chi connectivity index (χ0n) is 13.4. The Balaban J connectivity index is 1.55. The molecule has 1 saturated carbocycles. The first kappa shape index (κ1) is 15.7. The monoisotopic (exact) mass is 388 g/mol. The fourth-order valence-corrected chi connectivity index (χ4v) is 3.61. The molecular formula is C17H21BrN6. The molecule has 0 amide bonds. The second-order valence-corrected chi connectivity index (χ2v) is 7.22. The lowest BCUT2D eigenvalue weighted by molar-refractivity contribution is 0.468. The number of anilines is 3. The van der Waals surface area contributed by atoms with E-state index >= 15 is 0 Å². The molecular weight excluding hydrogens is 368 g/mol. The van der Waals surface area contributed by atoms with Crippen molar-refractivity contribution in [3.63, 3.8) is 0 Å². The standard InChI is InChI=1S/C17H21BrN6/c18-13-4-2-1-3-12(13)14-10-24(8-7-20-14)16-9-15(21-11-5-6-11)22-17(19)23-16/h1-4,9,11,14,20H,5-8,10H2,(H3,19,21,22,23)/t14-/m0/s1. The van der Waals surface area contributed by atoms with Crippen LogP contribution in [0.1, 0.15) is 24.4 Å². The van der Waals surface area contributed by atoms with E-state index in [1.165, 1.54) is 18.4 Å². The maximum atomic E-state index is 5.92. The number of halogens is 1. The molecule has 2 fully saturated rings. The van der Waals surface area contributed by atoms with Crippen LogP contribution in [0, 0.1) is 0 Å². The van der Waals surface area contributed by atoms with E-state index < -0.39 is 0 Å². The van der Waals surface area contributed by atoms with E-state index in [1.54, 1.807) is 0 Å². The van der Waals surface area contributed by atoms with Gasteiger partial charge in [-0.15, -0.1) is 0 Å². The van der Waals surface area contributed by atoms with Crippen molar-refractivity contribution < 1.29 is 0 Å². The number of aromatic nitrogens is 2. The average Bonchev–Trinajstić information content (AvgIpc) is 3.39. The number of rotatable bonds is 4. The van der Waals surface area contributed by atoms with Crippen molar-refractivity contribution in [2.75, 3.05) is 35.6 Å². The third-order valence-corrected chi connectivity index (χ3v) is 5.16. The fraction of sp³-hybridized carbons (Fsp3) is 0.412. The van der Waals surface area contributed by atoms with Crippen LogP contribution in [-0.4, -0.2) is 35.6 Å². The topological polar surface area (TPSA) is 79.1 Å². The molecule has 1 aromatic carbocycles. The molecule has 0 radical (unpaired) electrons. The van der Waals surface area contributed by atoms with Crippen LogP contribution in [0.5, 0.6) is 0 Å². The van der Waals surface area contributed by atoms with Gasteiger partial charge in [-0.25, -0.2) is 0 Å². The lowest BCUT2D eigenvalue weighted by atomic mass is 10.0. The number of benzene rings is 1. The van der Waals surface area contributed by atoms with Gasteiger partial charge in [0.2, 0.25) is 5.95 Å². The largest absolute Gasteiger partial charge is 0.368 e. The van der Waals surface area contributed by atoms with Gasteiger partial charge < -0.3 is 21.3 Å². The van der Waals surface area contributed by atoms with Gasteiger partial charge in [-0.3, -0.25) is 0 Å². The summed E-state index contributed by atoms with van der Waals surface area (Å²) in [6.07, 6.45) is 2.41. The predicted molar refractivity (Wildman–Crippen MR) is 100 cm³/mol. The van der Waals surface area contributed by atoms with Gasteiger partial charge in [-0.05, 0) is 24.5 Å². The summed E-state index contributed by atoms with van der Waals surface area (Å²) in [6.45, 7) is 2.66. The third-order valence-electron chi connectivity index (χ3n) is 4.44. The maximum Gasteiger partial charge on any atom is 0.223 e. The minimum atomic E-state index is 0.255. The van der Waals surface area contributed by atoms with Crippen molar-refractivity contribution in [1.82, 2.24) is 15.3 Å². The smallest absolute Gasteiger partial charge is 0.223 e.